The summed E-state index contributed by atoms with van der Waals surface area (Å²) in [4.78, 5) is 6.69. The van der Waals surface area contributed by atoms with Gasteiger partial charge in [0.1, 0.15) is 5.82 Å². The fourth-order valence-corrected chi connectivity index (χ4v) is 2.98. The Hall–Kier alpha value is -1.04. The van der Waals surface area contributed by atoms with Gasteiger partial charge in [0.05, 0.1) is 31.1 Å². The van der Waals surface area contributed by atoms with E-state index in [0.717, 1.165) is 32.0 Å². The first kappa shape index (κ1) is 16.3. The second-order valence-corrected chi connectivity index (χ2v) is 6.46. The lowest BCUT2D eigenvalue weighted by Gasteiger charge is -2.44. The van der Waals surface area contributed by atoms with Gasteiger partial charge >= 0.3 is 0 Å². The third kappa shape index (κ3) is 3.99. The summed E-state index contributed by atoms with van der Waals surface area (Å²) in [6.45, 7) is 10.1. The van der Waals surface area contributed by atoms with Crippen LogP contribution in [0.5, 0.6) is 0 Å². The Bertz CT molecular complexity index is 449. The fourth-order valence-electron chi connectivity index (χ4n) is 2.98. The van der Waals surface area contributed by atoms with Gasteiger partial charge in [0.2, 0.25) is 0 Å². The van der Waals surface area contributed by atoms with Crippen LogP contribution in [0.3, 0.4) is 0 Å². The summed E-state index contributed by atoms with van der Waals surface area (Å²) in [5.74, 6) is 0.0703. The Morgan fingerprint density at radius 2 is 2.24 bits per heavy atom. The number of morpholine rings is 1. The van der Waals surface area contributed by atoms with Gasteiger partial charge in [-0.3, -0.25) is 9.88 Å². The minimum absolute atomic E-state index is 0.0566. The highest BCUT2D eigenvalue weighted by Gasteiger charge is 2.33. The van der Waals surface area contributed by atoms with E-state index >= 15 is 0 Å². The molecule has 0 aromatic carbocycles. The van der Waals surface area contributed by atoms with E-state index in [9.17, 15) is 4.39 Å². The molecule has 0 bridgehead atoms. The molecular formula is C16H26FN3O. The van der Waals surface area contributed by atoms with Crippen molar-refractivity contribution in [2.45, 2.75) is 32.4 Å². The molecule has 5 heteroatoms. The number of halogens is 1. The quantitative estimate of drug-likeness (QED) is 0.904. The highest BCUT2D eigenvalue weighted by Crippen LogP contribution is 2.26. The van der Waals surface area contributed by atoms with Crippen LogP contribution in [0.2, 0.25) is 0 Å². The molecule has 1 aliphatic rings. The molecule has 4 nitrogen and oxygen atoms in total. The maximum absolute atomic E-state index is 13.0. The van der Waals surface area contributed by atoms with Crippen LogP contribution < -0.4 is 5.32 Å². The third-order valence-corrected chi connectivity index (χ3v) is 4.27. The number of aromatic nitrogens is 1. The molecule has 1 aromatic heterocycles. The fraction of sp³-hybridized carbons (Fsp3) is 0.688. The summed E-state index contributed by atoms with van der Waals surface area (Å²) < 4.78 is 18.6. The van der Waals surface area contributed by atoms with E-state index in [-0.39, 0.29) is 17.4 Å². The van der Waals surface area contributed by atoms with Crippen LogP contribution in [-0.2, 0) is 4.74 Å². The van der Waals surface area contributed by atoms with Crippen LogP contribution >= 0.6 is 0 Å². The van der Waals surface area contributed by atoms with Crippen LogP contribution in [0.1, 0.15) is 32.5 Å². The smallest absolute Gasteiger partial charge is 0.141 e. The number of rotatable bonds is 5. The average Bonchev–Trinajstić information content (AvgIpc) is 2.44. The second-order valence-electron chi connectivity index (χ2n) is 6.46. The van der Waals surface area contributed by atoms with Gasteiger partial charge in [0.15, 0.2) is 0 Å². The molecule has 2 unspecified atom stereocenters. The first-order valence-electron chi connectivity index (χ1n) is 7.55. The zero-order valence-electron chi connectivity index (χ0n) is 13.4. The molecule has 118 valence electrons. The number of nitrogens with zero attached hydrogens (tertiary/aromatic N) is 2. The summed E-state index contributed by atoms with van der Waals surface area (Å²) >= 11 is 0. The lowest BCUT2D eigenvalue weighted by atomic mass is 9.94. The molecule has 2 heterocycles. The normalized spacial score (nSPS) is 22.0. The number of hydrogen-bond donors (Lipinski definition) is 1. The molecule has 1 fully saturated rings. The van der Waals surface area contributed by atoms with E-state index in [1.54, 1.807) is 6.07 Å². The Kier molecular flexibility index (Phi) is 5.30. The molecule has 1 saturated heterocycles. The zero-order valence-corrected chi connectivity index (χ0v) is 13.4. The molecule has 1 N–H and O–H groups in total. The van der Waals surface area contributed by atoms with E-state index in [2.05, 4.69) is 36.0 Å². The first-order chi connectivity index (χ1) is 9.94. The van der Waals surface area contributed by atoms with Crippen molar-refractivity contribution >= 4 is 0 Å². The minimum Gasteiger partial charge on any atom is -0.378 e. The van der Waals surface area contributed by atoms with Gasteiger partial charge in [-0.05, 0) is 38.9 Å². The van der Waals surface area contributed by atoms with Gasteiger partial charge in [0, 0.05) is 18.6 Å². The van der Waals surface area contributed by atoms with E-state index in [1.807, 2.05) is 7.05 Å². The lowest BCUT2D eigenvalue weighted by molar-refractivity contribution is -0.0581. The standard InChI is InChI=1S/C16H26FN3O/c1-12(10-20-7-8-21-11-16(20,2)3)15(18-4)14-6-5-13(17)9-19-14/h5-6,9,12,15,18H,7-8,10-11H2,1-4H3. The average molecular weight is 295 g/mol. The Balaban J connectivity index is 2.06. The molecule has 2 atom stereocenters. The summed E-state index contributed by atoms with van der Waals surface area (Å²) in [6.07, 6.45) is 1.28. The van der Waals surface area contributed by atoms with Gasteiger partial charge in [-0.15, -0.1) is 0 Å². The molecule has 2 rings (SSSR count). The number of nitrogens with one attached hydrogen (secondary N) is 1. The molecule has 0 amide bonds. The van der Waals surface area contributed by atoms with Crippen LogP contribution in [-0.4, -0.2) is 48.8 Å². The van der Waals surface area contributed by atoms with Crippen LogP contribution in [0.25, 0.3) is 0 Å². The van der Waals surface area contributed by atoms with Gasteiger partial charge < -0.3 is 10.1 Å². The molecular weight excluding hydrogens is 269 g/mol. The second kappa shape index (κ2) is 6.81. The Labute approximate surface area is 126 Å². The molecule has 1 aromatic rings. The third-order valence-electron chi connectivity index (χ3n) is 4.27. The monoisotopic (exact) mass is 295 g/mol. The van der Waals surface area contributed by atoms with Crippen molar-refractivity contribution in [1.29, 1.82) is 0 Å². The van der Waals surface area contributed by atoms with E-state index < -0.39 is 0 Å². The number of ether oxygens (including phenoxy) is 1. The lowest BCUT2D eigenvalue weighted by Crippen LogP contribution is -2.54. The maximum Gasteiger partial charge on any atom is 0.141 e. The van der Waals surface area contributed by atoms with E-state index in [4.69, 9.17) is 4.74 Å². The maximum atomic E-state index is 13.0. The van der Waals surface area contributed by atoms with Crippen molar-refractivity contribution in [3.05, 3.63) is 29.8 Å². The van der Waals surface area contributed by atoms with Crippen LogP contribution in [0.15, 0.2) is 18.3 Å². The SMILES string of the molecule is CNC(c1ccc(F)cn1)C(C)CN1CCOCC1(C)C. The Morgan fingerprint density at radius 3 is 2.81 bits per heavy atom. The van der Waals surface area contributed by atoms with Gasteiger partial charge in [-0.1, -0.05) is 6.92 Å². The highest BCUT2D eigenvalue weighted by molar-refractivity contribution is 5.11. The van der Waals surface area contributed by atoms with Crippen molar-refractivity contribution in [3.63, 3.8) is 0 Å². The van der Waals surface area contributed by atoms with E-state index in [0.29, 0.717) is 5.92 Å². The van der Waals surface area contributed by atoms with Crippen molar-refractivity contribution in [2.24, 2.45) is 5.92 Å². The van der Waals surface area contributed by atoms with Crippen molar-refractivity contribution in [1.82, 2.24) is 15.2 Å². The van der Waals surface area contributed by atoms with Crippen molar-refractivity contribution in [2.75, 3.05) is 33.4 Å². The first-order valence-corrected chi connectivity index (χ1v) is 7.55. The minimum atomic E-state index is -0.296. The van der Waals surface area contributed by atoms with E-state index in [1.165, 1.54) is 12.3 Å². The molecule has 0 aliphatic carbocycles. The summed E-state index contributed by atoms with van der Waals surface area (Å²) in [5, 5.41) is 3.31. The largest absolute Gasteiger partial charge is 0.378 e. The van der Waals surface area contributed by atoms with Gasteiger partial charge in [-0.2, -0.15) is 0 Å². The van der Waals surface area contributed by atoms with Gasteiger partial charge in [0.25, 0.3) is 0 Å². The summed E-state index contributed by atoms with van der Waals surface area (Å²) in [7, 11) is 1.93. The van der Waals surface area contributed by atoms with Crippen molar-refractivity contribution < 1.29 is 9.13 Å². The predicted octanol–water partition coefficient (Wildman–Crippen LogP) is 2.23. The Morgan fingerprint density at radius 1 is 1.48 bits per heavy atom. The van der Waals surface area contributed by atoms with Crippen LogP contribution in [0, 0.1) is 11.7 Å². The van der Waals surface area contributed by atoms with Gasteiger partial charge in [-0.25, -0.2) is 4.39 Å². The summed E-state index contributed by atoms with van der Waals surface area (Å²) in [5.41, 5.74) is 0.943. The molecule has 1 aliphatic heterocycles. The number of hydrogen-bond acceptors (Lipinski definition) is 4. The highest BCUT2D eigenvalue weighted by atomic mass is 19.1. The number of pyridine rings is 1. The predicted molar refractivity (Wildman–Crippen MR) is 81.6 cm³/mol. The molecule has 0 spiro atoms. The van der Waals surface area contributed by atoms with Crippen LogP contribution in [0.4, 0.5) is 4.39 Å². The van der Waals surface area contributed by atoms with Crippen molar-refractivity contribution in [3.8, 4) is 0 Å². The zero-order chi connectivity index (χ0) is 15.5. The molecule has 21 heavy (non-hydrogen) atoms. The molecule has 0 saturated carbocycles. The molecule has 0 radical (unpaired) electrons. The topological polar surface area (TPSA) is 37.4 Å². The summed E-state index contributed by atoms with van der Waals surface area (Å²) in [6, 6.07) is 3.35.